The molecule has 0 saturated carbocycles. The van der Waals surface area contributed by atoms with Crippen molar-refractivity contribution in [1.29, 1.82) is 0 Å². The first-order chi connectivity index (χ1) is 8.99. The summed E-state index contributed by atoms with van der Waals surface area (Å²) in [6, 6.07) is 6.18. The SMILES string of the molecule is CN(C)C1CCCN(C(=O)c2cc(Br)ccc2Br)C1. The average Bonchev–Trinajstić information content (AvgIpc) is 2.41. The lowest BCUT2D eigenvalue weighted by molar-refractivity contribution is 0.0634. The van der Waals surface area contributed by atoms with Crippen molar-refractivity contribution < 1.29 is 4.79 Å². The van der Waals surface area contributed by atoms with Crippen LogP contribution in [0.2, 0.25) is 0 Å². The number of hydrogen-bond donors (Lipinski definition) is 0. The van der Waals surface area contributed by atoms with Crippen LogP contribution in [0.15, 0.2) is 27.1 Å². The molecule has 0 aromatic heterocycles. The topological polar surface area (TPSA) is 23.6 Å². The maximum atomic E-state index is 12.6. The summed E-state index contributed by atoms with van der Waals surface area (Å²) in [5, 5.41) is 0. The highest BCUT2D eigenvalue weighted by molar-refractivity contribution is 9.11. The van der Waals surface area contributed by atoms with Gasteiger partial charge in [0, 0.05) is 28.1 Å². The van der Waals surface area contributed by atoms with Crippen molar-refractivity contribution in [2.24, 2.45) is 0 Å². The summed E-state index contributed by atoms with van der Waals surface area (Å²) in [5.41, 5.74) is 0.730. The van der Waals surface area contributed by atoms with Crippen molar-refractivity contribution in [2.45, 2.75) is 18.9 Å². The Morgan fingerprint density at radius 2 is 2.11 bits per heavy atom. The maximum absolute atomic E-state index is 12.6. The second-order valence-electron chi connectivity index (χ2n) is 5.13. The summed E-state index contributed by atoms with van der Waals surface area (Å²) < 4.78 is 1.79. The molecule has 0 spiro atoms. The molecule has 1 saturated heterocycles. The molecule has 2 rings (SSSR count). The Balaban J connectivity index is 2.17. The number of halogens is 2. The minimum absolute atomic E-state index is 0.111. The van der Waals surface area contributed by atoms with E-state index < -0.39 is 0 Å². The Kier molecular flexibility index (Phi) is 5.03. The zero-order valence-electron chi connectivity index (χ0n) is 11.2. The predicted molar refractivity (Wildman–Crippen MR) is 84.5 cm³/mol. The third-order valence-corrected chi connectivity index (χ3v) is 4.76. The molecule has 1 atom stereocenters. The van der Waals surface area contributed by atoms with Crippen molar-refractivity contribution in [3.05, 3.63) is 32.7 Å². The molecule has 1 fully saturated rings. The van der Waals surface area contributed by atoms with Crippen molar-refractivity contribution in [3.8, 4) is 0 Å². The van der Waals surface area contributed by atoms with Gasteiger partial charge in [-0.3, -0.25) is 4.79 Å². The lowest BCUT2D eigenvalue weighted by atomic mass is 10.0. The van der Waals surface area contributed by atoms with Crippen molar-refractivity contribution in [3.63, 3.8) is 0 Å². The van der Waals surface area contributed by atoms with E-state index in [2.05, 4.69) is 50.9 Å². The van der Waals surface area contributed by atoms with E-state index in [9.17, 15) is 4.79 Å². The number of benzene rings is 1. The van der Waals surface area contributed by atoms with E-state index in [1.54, 1.807) is 0 Å². The zero-order valence-corrected chi connectivity index (χ0v) is 14.4. The number of hydrogen-bond acceptors (Lipinski definition) is 2. The molecule has 0 radical (unpaired) electrons. The van der Waals surface area contributed by atoms with Gasteiger partial charge in [0.2, 0.25) is 0 Å². The lowest BCUT2D eigenvalue weighted by Gasteiger charge is -2.36. The molecular formula is C14H18Br2N2O. The Morgan fingerprint density at radius 3 is 2.79 bits per heavy atom. The van der Waals surface area contributed by atoms with Gasteiger partial charge < -0.3 is 9.80 Å². The van der Waals surface area contributed by atoms with Crippen molar-refractivity contribution in [1.82, 2.24) is 9.80 Å². The van der Waals surface area contributed by atoms with Gasteiger partial charge in [-0.15, -0.1) is 0 Å². The molecule has 0 aliphatic carbocycles. The lowest BCUT2D eigenvalue weighted by Crippen LogP contribution is -2.47. The molecule has 1 heterocycles. The van der Waals surface area contributed by atoms with E-state index in [-0.39, 0.29) is 5.91 Å². The van der Waals surface area contributed by atoms with Crippen LogP contribution in [-0.4, -0.2) is 48.9 Å². The number of piperidine rings is 1. The van der Waals surface area contributed by atoms with E-state index in [1.807, 2.05) is 23.1 Å². The minimum atomic E-state index is 0.111. The molecule has 0 N–H and O–H groups in total. The van der Waals surface area contributed by atoms with Crippen LogP contribution in [0, 0.1) is 0 Å². The van der Waals surface area contributed by atoms with Gasteiger partial charge in [0.1, 0.15) is 0 Å². The molecule has 1 aromatic carbocycles. The number of carbonyl (C=O) groups is 1. The van der Waals surface area contributed by atoms with E-state index in [4.69, 9.17) is 0 Å². The van der Waals surface area contributed by atoms with Gasteiger partial charge in [-0.25, -0.2) is 0 Å². The molecule has 3 nitrogen and oxygen atoms in total. The van der Waals surface area contributed by atoms with Gasteiger partial charge in [0.05, 0.1) is 5.56 Å². The average molecular weight is 390 g/mol. The molecule has 1 aliphatic rings. The molecule has 1 unspecified atom stereocenters. The number of nitrogens with zero attached hydrogens (tertiary/aromatic N) is 2. The Morgan fingerprint density at radius 1 is 1.37 bits per heavy atom. The Labute approximate surface area is 131 Å². The first kappa shape index (κ1) is 15.0. The Bertz CT molecular complexity index is 477. The largest absolute Gasteiger partial charge is 0.337 e. The van der Waals surface area contributed by atoms with E-state index in [1.165, 1.54) is 0 Å². The zero-order chi connectivity index (χ0) is 14.0. The molecule has 19 heavy (non-hydrogen) atoms. The second-order valence-corrected chi connectivity index (χ2v) is 6.91. The van der Waals surface area contributed by atoms with Gasteiger partial charge in [0.15, 0.2) is 0 Å². The van der Waals surface area contributed by atoms with Gasteiger partial charge in [-0.05, 0) is 61.1 Å². The van der Waals surface area contributed by atoms with Crippen LogP contribution in [0.1, 0.15) is 23.2 Å². The molecular weight excluding hydrogens is 372 g/mol. The van der Waals surface area contributed by atoms with Crippen molar-refractivity contribution >= 4 is 37.8 Å². The third kappa shape index (κ3) is 3.58. The number of amides is 1. The fourth-order valence-electron chi connectivity index (χ4n) is 2.39. The van der Waals surface area contributed by atoms with E-state index >= 15 is 0 Å². The summed E-state index contributed by atoms with van der Waals surface area (Å²) in [7, 11) is 4.15. The standard InChI is InChI=1S/C14H18Br2N2O/c1-17(2)11-4-3-7-18(9-11)14(19)12-8-10(15)5-6-13(12)16/h5-6,8,11H,3-4,7,9H2,1-2H3. The number of likely N-dealkylation sites (tertiary alicyclic amines) is 1. The Hall–Kier alpha value is -0.390. The quantitative estimate of drug-likeness (QED) is 0.774. The monoisotopic (exact) mass is 388 g/mol. The van der Waals surface area contributed by atoms with Crippen LogP contribution in [0.25, 0.3) is 0 Å². The molecule has 104 valence electrons. The predicted octanol–water partition coefficient (Wildman–Crippen LogP) is 3.38. The fourth-order valence-corrected chi connectivity index (χ4v) is 3.17. The second kappa shape index (κ2) is 6.37. The first-order valence-electron chi connectivity index (χ1n) is 6.40. The highest BCUT2D eigenvalue weighted by Gasteiger charge is 2.26. The van der Waals surface area contributed by atoms with Crippen molar-refractivity contribution in [2.75, 3.05) is 27.2 Å². The molecule has 5 heteroatoms. The van der Waals surface area contributed by atoms with Gasteiger partial charge >= 0.3 is 0 Å². The summed E-state index contributed by atoms with van der Waals surface area (Å²) >= 11 is 6.89. The molecule has 1 aliphatic heterocycles. The fraction of sp³-hybridized carbons (Fsp3) is 0.500. The summed E-state index contributed by atoms with van der Waals surface area (Å²) in [6.45, 7) is 1.66. The molecule has 1 amide bonds. The third-order valence-electron chi connectivity index (χ3n) is 3.57. The first-order valence-corrected chi connectivity index (χ1v) is 7.98. The number of carbonyl (C=O) groups excluding carboxylic acids is 1. The van der Waals surface area contributed by atoms with Crippen LogP contribution in [0.4, 0.5) is 0 Å². The van der Waals surface area contributed by atoms with Crippen LogP contribution in [0.5, 0.6) is 0 Å². The van der Waals surface area contributed by atoms with Gasteiger partial charge in [0.25, 0.3) is 5.91 Å². The van der Waals surface area contributed by atoms with E-state index in [0.717, 1.165) is 40.4 Å². The van der Waals surface area contributed by atoms with Crippen LogP contribution >= 0.6 is 31.9 Å². The normalized spacial score (nSPS) is 19.8. The highest BCUT2D eigenvalue weighted by Crippen LogP contribution is 2.24. The molecule has 1 aromatic rings. The summed E-state index contributed by atoms with van der Waals surface area (Å²) in [5.74, 6) is 0.111. The highest BCUT2D eigenvalue weighted by atomic mass is 79.9. The van der Waals surface area contributed by atoms with Crippen LogP contribution < -0.4 is 0 Å². The smallest absolute Gasteiger partial charge is 0.255 e. The van der Waals surface area contributed by atoms with Crippen LogP contribution in [-0.2, 0) is 0 Å². The van der Waals surface area contributed by atoms with Crippen LogP contribution in [0.3, 0.4) is 0 Å². The number of likely N-dealkylation sites (N-methyl/N-ethyl adjacent to an activating group) is 1. The van der Waals surface area contributed by atoms with Gasteiger partial charge in [-0.1, -0.05) is 15.9 Å². The van der Waals surface area contributed by atoms with E-state index in [0.29, 0.717) is 6.04 Å². The molecule has 0 bridgehead atoms. The summed E-state index contributed by atoms with van der Waals surface area (Å²) in [4.78, 5) is 16.8. The minimum Gasteiger partial charge on any atom is -0.337 e. The number of rotatable bonds is 2. The van der Waals surface area contributed by atoms with Gasteiger partial charge in [-0.2, -0.15) is 0 Å². The maximum Gasteiger partial charge on any atom is 0.255 e. The summed E-state index contributed by atoms with van der Waals surface area (Å²) in [6.07, 6.45) is 2.23.